The number of likely N-dealkylation sites (tertiary alicyclic amines) is 1. The smallest absolute Gasteiger partial charge is 0.271 e. The molecule has 2 saturated heterocycles. The van der Waals surface area contributed by atoms with Gasteiger partial charge in [-0.25, -0.2) is 8.78 Å². The van der Waals surface area contributed by atoms with Crippen molar-refractivity contribution < 1.29 is 13.5 Å². The Bertz CT molecular complexity index is 1380. The van der Waals surface area contributed by atoms with Crippen molar-refractivity contribution in [1.29, 1.82) is 0 Å². The first-order chi connectivity index (χ1) is 18.3. The topological polar surface area (TPSA) is 60.6 Å². The minimum atomic E-state index is -2.56. The molecule has 6 rings (SSSR count). The number of alkyl halides is 2. The molecule has 3 aromatic rings. The van der Waals surface area contributed by atoms with E-state index in [1.54, 1.807) is 29.7 Å². The molecule has 3 aliphatic rings. The molecule has 3 aliphatic heterocycles. The first kappa shape index (κ1) is 25.7. The Morgan fingerprint density at radius 3 is 2.84 bits per heavy atom. The van der Waals surface area contributed by atoms with Crippen LogP contribution in [0.5, 0.6) is 0 Å². The molecule has 38 heavy (non-hydrogen) atoms. The van der Waals surface area contributed by atoms with Crippen molar-refractivity contribution in [2.45, 2.75) is 51.0 Å². The Morgan fingerprint density at radius 2 is 2.03 bits per heavy atom. The summed E-state index contributed by atoms with van der Waals surface area (Å²) in [6.45, 7) is 4.77. The van der Waals surface area contributed by atoms with Gasteiger partial charge in [-0.15, -0.1) is 0 Å². The Balaban J connectivity index is 1.16. The molecule has 0 bridgehead atoms. The number of ether oxygens (including phenoxy) is 1. The molecule has 4 heterocycles. The van der Waals surface area contributed by atoms with Gasteiger partial charge in [-0.05, 0) is 48.9 Å². The average molecular weight is 557 g/mol. The Morgan fingerprint density at radius 1 is 1.13 bits per heavy atom. The van der Waals surface area contributed by atoms with E-state index in [-0.39, 0.29) is 30.7 Å². The Hall–Kier alpha value is -2.53. The minimum Gasteiger partial charge on any atom is -0.381 e. The standard InChI is InChI=1S/C28H30F2N4O2S2/c1-18(15-33-11-9-28(29,30)17-33)32-19-7-8-23-25(14-19)37-24-6-2-4-20(26(24)38-23)22-16-34(12-13-36-22)21-5-3-10-31-27(21)35/h2-8,10,14,18,22,32H,9,11-13,15-17H2,1H3,(H,31,35). The fourth-order valence-corrected chi connectivity index (χ4v) is 7.81. The molecule has 0 saturated carbocycles. The van der Waals surface area contributed by atoms with Gasteiger partial charge in [0.15, 0.2) is 0 Å². The molecule has 0 aliphatic carbocycles. The van der Waals surface area contributed by atoms with Crippen LogP contribution < -0.4 is 15.8 Å². The highest BCUT2D eigenvalue weighted by atomic mass is 32.2. The summed E-state index contributed by atoms with van der Waals surface area (Å²) in [5, 5.41) is 3.50. The molecule has 2 aromatic carbocycles. The molecule has 1 aromatic heterocycles. The van der Waals surface area contributed by atoms with Crippen molar-refractivity contribution in [2.24, 2.45) is 0 Å². The highest BCUT2D eigenvalue weighted by molar-refractivity contribution is 8.05. The zero-order valence-electron chi connectivity index (χ0n) is 21.1. The molecular formula is C28H30F2N4O2S2. The summed E-state index contributed by atoms with van der Waals surface area (Å²) in [4.78, 5) is 23.8. The molecule has 200 valence electrons. The number of aromatic amines is 1. The Kier molecular flexibility index (Phi) is 7.15. The van der Waals surface area contributed by atoms with E-state index >= 15 is 0 Å². The normalized spacial score (nSPS) is 21.6. The number of hydrogen-bond donors (Lipinski definition) is 2. The van der Waals surface area contributed by atoms with Crippen LogP contribution >= 0.6 is 23.5 Å². The predicted molar refractivity (Wildman–Crippen MR) is 148 cm³/mol. The lowest BCUT2D eigenvalue weighted by Crippen LogP contribution is -2.41. The molecule has 2 unspecified atom stereocenters. The van der Waals surface area contributed by atoms with E-state index in [1.165, 1.54) is 19.6 Å². The largest absolute Gasteiger partial charge is 0.381 e. The van der Waals surface area contributed by atoms with Crippen LogP contribution in [0, 0.1) is 0 Å². The third-order valence-corrected chi connectivity index (χ3v) is 9.74. The molecule has 2 fully saturated rings. The van der Waals surface area contributed by atoms with E-state index in [4.69, 9.17) is 4.74 Å². The third kappa shape index (κ3) is 5.45. The van der Waals surface area contributed by atoms with Crippen LogP contribution in [0.15, 0.2) is 79.1 Å². The number of H-pyrrole nitrogens is 1. The quantitative estimate of drug-likeness (QED) is 0.316. The lowest BCUT2D eigenvalue weighted by atomic mass is 10.1. The van der Waals surface area contributed by atoms with Crippen LogP contribution in [0.3, 0.4) is 0 Å². The molecule has 2 N–H and O–H groups in total. The predicted octanol–water partition coefficient (Wildman–Crippen LogP) is 5.71. The van der Waals surface area contributed by atoms with E-state index in [9.17, 15) is 13.6 Å². The number of nitrogens with one attached hydrogen (secondary N) is 2. The molecule has 0 spiro atoms. The number of hydrogen-bond acceptors (Lipinski definition) is 7. The highest BCUT2D eigenvalue weighted by Crippen LogP contribution is 2.51. The second-order valence-electron chi connectivity index (χ2n) is 10.1. The summed E-state index contributed by atoms with van der Waals surface area (Å²) in [5.41, 5.74) is 2.72. The molecular weight excluding hydrogens is 526 g/mol. The maximum absolute atomic E-state index is 13.6. The van der Waals surface area contributed by atoms with Gasteiger partial charge < -0.3 is 19.9 Å². The zero-order chi connectivity index (χ0) is 26.3. The first-order valence-corrected chi connectivity index (χ1v) is 14.5. The molecule has 10 heteroatoms. The van der Waals surface area contributed by atoms with Gasteiger partial charge in [0.2, 0.25) is 0 Å². The molecule has 0 radical (unpaired) electrons. The van der Waals surface area contributed by atoms with Gasteiger partial charge in [0.1, 0.15) is 11.8 Å². The van der Waals surface area contributed by atoms with Crippen molar-refractivity contribution in [3.05, 3.63) is 70.6 Å². The lowest BCUT2D eigenvalue weighted by molar-refractivity contribution is 0.0121. The second kappa shape index (κ2) is 10.6. The monoisotopic (exact) mass is 556 g/mol. The number of nitrogens with zero attached hydrogens (tertiary/aromatic N) is 2. The fraction of sp³-hybridized carbons (Fsp3) is 0.393. The van der Waals surface area contributed by atoms with E-state index in [1.807, 2.05) is 24.0 Å². The van der Waals surface area contributed by atoms with E-state index in [0.717, 1.165) is 11.3 Å². The Labute approximate surface area is 229 Å². The van der Waals surface area contributed by atoms with Gasteiger partial charge in [0.25, 0.3) is 11.5 Å². The summed E-state index contributed by atoms with van der Waals surface area (Å²) >= 11 is 3.49. The van der Waals surface area contributed by atoms with E-state index in [0.29, 0.717) is 38.5 Å². The second-order valence-corrected chi connectivity index (χ2v) is 12.3. The molecule has 2 atom stereocenters. The summed E-state index contributed by atoms with van der Waals surface area (Å²) < 4.78 is 33.3. The molecule has 0 amide bonds. The van der Waals surface area contributed by atoms with Gasteiger partial charge in [0.05, 0.1) is 13.2 Å². The number of morpholine rings is 1. The van der Waals surface area contributed by atoms with Crippen molar-refractivity contribution in [2.75, 3.05) is 49.5 Å². The number of fused-ring (bicyclic) bond motifs is 2. The number of benzene rings is 2. The van der Waals surface area contributed by atoms with Gasteiger partial charge >= 0.3 is 0 Å². The van der Waals surface area contributed by atoms with Crippen molar-refractivity contribution >= 4 is 34.9 Å². The zero-order valence-corrected chi connectivity index (χ0v) is 22.7. The van der Waals surface area contributed by atoms with Crippen LogP contribution in [0.2, 0.25) is 0 Å². The molecule has 6 nitrogen and oxygen atoms in total. The van der Waals surface area contributed by atoms with E-state index < -0.39 is 5.92 Å². The number of halogens is 2. The van der Waals surface area contributed by atoms with Crippen molar-refractivity contribution in [3.8, 4) is 0 Å². The number of aromatic nitrogens is 1. The van der Waals surface area contributed by atoms with Crippen LogP contribution in [-0.2, 0) is 4.74 Å². The summed E-state index contributed by atoms with van der Waals surface area (Å²) in [6.07, 6.45) is 1.47. The number of pyridine rings is 1. The van der Waals surface area contributed by atoms with Crippen LogP contribution in [0.4, 0.5) is 20.2 Å². The van der Waals surface area contributed by atoms with Gasteiger partial charge in [-0.3, -0.25) is 9.69 Å². The maximum atomic E-state index is 13.6. The summed E-state index contributed by atoms with van der Waals surface area (Å²) in [6, 6.07) is 16.4. The number of anilines is 2. The average Bonchev–Trinajstić information content (AvgIpc) is 3.25. The van der Waals surface area contributed by atoms with E-state index in [2.05, 4.69) is 51.6 Å². The van der Waals surface area contributed by atoms with Gasteiger partial charge in [-0.2, -0.15) is 0 Å². The number of rotatable bonds is 6. The van der Waals surface area contributed by atoms with Crippen LogP contribution in [0.25, 0.3) is 0 Å². The SMILES string of the molecule is CC(CN1CCC(F)(F)C1)Nc1ccc2c(c1)Sc1cccc(C3CN(c4ccc[nH]c4=O)CCO3)c1S2. The minimum absolute atomic E-state index is 0.0533. The maximum Gasteiger partial charge on any atom is 0.271 e. The lowest BCUT2D eigenvalue weighted by Gasteiger charge is -2.35. The fourth-order valence-electron chi connectivity index (χ4n) is 5.36. The van der Waals surface area contributed by atoms with Crippen molar-refractivity contribution in [3.63, 3.8) is 0 Å². The van der Waals surface area contributed by atoms with Gasteiger partial charge in [-0.1, -0.05) is 35.7 Å². The van der Waals surface area contributed by atoms with Gasteiger partial charge in [0, 0.05) is 70.1 Å². The van der Waals surface area contributed by atoms with Crippen LogP contribution in [0.1, 0.15) is 25.0 Å². The van der Waals surface area contributed by atoms with Crippen LogP contribution in [-0.4, -0.2) is 61.2 Å². The third-order valence-electron chi connectivity index (χ3n) is 7.13. The van der Waals surface area contributed by atoms with Crippen molar-refractivity contribution in [1.82, 2.24) is 9.88 Å². The summed E-state index contributed by atoms with van der Waals surface area (Å²) in [7, 11) is 0. The first-order valence-electron chi connectivity index (χ1n) is 12.9. The highest BCUT2D eigenvalue weighted by Gasteiger charge is 2.38. The summed E-state index contributed by atoms with van der Waals surface area (Å²) in [5.74, 6) is -2.56.